The molecule has 0 bridgehead atoms. The predicted octanol–water partition coefficient (Wildman–Crippen LogP) is 3.44. The minimum absolute atomic E-state index is 0.0162. The minimum atomic E-state index is -0.0162. The number of halogens is 1. The minimum Gasteiger partial charge on any atom is -0.338 e. The molecule has 4 nitrogen and oxygen atoms in total. The summed E-state index contributed by atoms with van der Waals surface area (Å²) in [6, 6.07) is 7.88. The highest BCUT2D eigenvalue weighted by atomic mass is 35.5. The average Bonchev–Trinajstić information content (AvgIpc) is 2.76. The van der Waals surface area contributed by atoms with E-state index in [9.17, 15) is 0 Å². The van der Waals surface area contributed by atoms with Gasteiger partial charge in [0.1, 0.15) is 0 Å². The first-order chi connectivity index (χ1) is 8.58. The Hall–Kier alpha value is -1.39. The molecule has 0 spiro atoms. The van der Waals surface area contributed by atoms with Crippen LogP contribution in [0.1, 0.15) is 43.2 Å². The van der Waals surface area contributed by atoms with Crippen molar-refractivity contribution in [2.75, 3.05) is 0 Å². The lowest BCUT2D eigenvalue weighted by Crippen LogP contribution is -2.23. The van der Waals surface area contributed by atoms with E-state index < -0.39 is 0 Å². The molecule has 0 fully saturated rings. The third-order valence-electron chi connectivity index (χ3n) is 2.79. The van der Waals surface area contributed by atoms with E-state index in [1.165, 1.54) is 0 Å². The van der Waals surface area contributed by atoms with Gasteiger partial charge in [-0.15, -0.1) is 0 Å². The van der Waals surface area contributed by atoms with Crippen molar-refractivity contribution in [3.8, 4) is 0 Å². The van der Waals surface area contributed by atoms with Crippen molar-refractivity contribution in [3.63, 3.8) is 0 Å². The van der Waals surface area contributed by atoms with Crippen LogP contribution in [0.4, 0.5) is 0 Å². The lowest BCUT2D eigenvalue weighted by Gasteiger charge is -2.18. The van der Waals surface area contributed by atoms with Crippen LogP contribution in [-0.2, 0) is 0 Å². The second-order valence-corrected chi connectivity index (χ2v) is 4.72. The number of nitrogens with zero attached hydrogens (tertiary/aromatic N) is 2. The van der Waals surface area contributed by atoms with Crippen molar-refractivity contribution >= 4 is 11.6 Å². The number of nitrogens with one attached hydrogen (secondary N) is 1. The van der Waals surface area contributed by atoms with Crippen molar-refractivity contribution in [1.29, 1.82) is 0 Å². The normalized spacial score (nSPS) is 14.4. The van der Waals surface area contributed by atoms with E-state index >= 15 is 0 Å². The van der Waals surface area contributed by atoms with Gasteiger partial charge in [-0.1, -0.05) is 35.0 Å². The first kappa shape index (κ1) is 13.1. The molecule has 1 aromatic heterocycles. The van der Waals surface area contributed by atoms with Crippen molar-refractivity contribution in [2.24, 2.45) is 0 Å². The molecule has 0 unspecified atom stereocenters. The molecule has 2 aromatic rings. The number of rotatable bonds is 4. The molecule has 0 aliphatic carbocycles. The molecule has 1 aromatic carbocycles. The second kappa shape index (κ2) is 5.50. The fraction of sp³-hybridized carbons (Fsp3) is 0.385. The summed E-state index contributed by atoms with van der Waals surface area (Å²) in [6.45, 7) is 5.85. The molecule has 2 atom stereocenters. The summed E-state index contributed by atoms with van der Waals surface area (Å²) >= 11 is 6.16. The maximum atomic E-state index is 6.16. The standard InChI is InChI=1S/C13H16ClN3O/c1-8(11-6-4-5-7-12(11)14)15-9(2)13-16-10(3)17-18-13/h4-9,15H,1-3H3/t8-,9+/m0/s1. The van der Waals surface area contributed by atoms with Crippen molar-refractivity contribution < 1.29 is 4.52 Å². The Morgan fingerprint density at radius 1 is 1.22 bits per heavy atom. The second-order valence-electron chi connectivity index (χ2n) is 4.31. The molecular weight excluding hydrogens is 250 g/mol. The van der Waals surface area contributed by atoms with Crippen LogP contribution >= 0.6 is 11.6 Å². The van der Waals surface area contributed by atoms with Crippen LogP contribution in [0, 0.1) is 6.92 Å². The molecule has 18 heavy (non-hydrogen) atoms. The monoisotopic (exact) mass is 265 g/mol. The lowest BCUT2D eigenvalue weighted by molar-refractivity contribution is 0.326. The maximum Gasteiger partial charge on any atom is 0.243 e. The highest BCUT2D eigenvalue weighted by Gasteiger charge is 2.17. The summed E-state index contributed by atoms with van der Waals surface area (Å²) in [5, 5.41) is 7.92. The van der Waals surface area contributed by atoms with Gasteiger partial charge in [-0.05, 0) is 32.4 Å². The molecule has 96 valence electrons. The highest BCUT2D eigenvalue weighted by molar-refractivity contribution is 6.31. The molecule has 0 saturated carbocycles. The summed E-state index contributed by atoms with van der Waals surface area (Å²) in [6.07, 6.45) is 0. The van der Waals surface area contributed by atoms with Crippen molar-refractivity contribution in [2.45, 2.75) is 32.9 Å². The molecule has 1 heterocycles. The lowest BCUT2D eigenvalue weighted by atomic mass is 10.1. The van der Waals surface area contributed by atoms with Gasteiger partial charge in [-0.3, -0.25) is 5.32 Å². The maximum absolute atomic E-state index is 6.16. The van der Waals surface area contributed by atoms with Crippen LogP contribution in [0.15, 0.2) is 28.8 Å². The molecule has 0 aliphatic heterocycles. The zero-order valence-corrected chi connectivity index (χ0v) is 11.4. The Kier molecular flexibility index (Phi) is 3.99. The van der Waals surface area contributed by atoms with E-state index in [2.05, 4.69) is 22.4 Å². The van der Waals surface area contributed by atoms with E-state index in [0.717, 1.165) is 10.6 Å². The SMILES string of the molecule is Cc1noc([C@@H](C)N[C@@H](C)c2ccccc2Cl)n1. The Morgan fingerprint density at radius 3 is 2.56 bits per heavy atom. The first-order valence-electron chi connectivity index (χ1n) is 5.88. The van der Waals surface area contributed by atoms with E-state index in [1.54, 1.807) is 6.92 Å². The Morgan fingerprint density at radius 2 is 1.94 bits per heavy atom. The fourth-order valence-electron chi connectivity index (χ4n) is 1.85. The first-order valence-corrected chi connectivity index (χ1v) is 6.26. The number of aromatic nitrogens is 2. The van der Waals surface area contributed by atoms with Crippen molar-refractivity contribution in [1.82, 2.24) is 15.5 Å². The summed E-state index contributed by atoms with van der Waals surface area (Å²) < 4.78 is 5.14. The van der Waals surface area contributed by atoms with Gasteiger partial charge in [0.25, 0.3) is 0 Å². The highest BCUT2D eigenvalue weighted by Crippen LogP contribution is 2.24. The smallest absolute Gasteiger partial charge is 0.243 e. The quantitative estimate of drug-likeness (QED) is 0.920. The summed E-state index contributed by atoms with van der Waals surface area (Å²) in [5.74, 6) is 1.23. The molecule has 0 amide bonds. The Labute approximate surface area is 111 Å². The van der Waals surface area contributed by atoms with Gasteiger partial charge in [0, 0.05) is 11.1 Å². The Balaban J connectivity index is 2.08. The zero-order valence-electron chi connectivity index (χ0n) is 10.6. The molecule has 0 aliphatic rings. The third-order valence-corrected chi connectivity index (χ3v) is 3.13. The van der Waals surface area contributed by atoms with Gasteiger partial charge in [-0.2, -0.15) is 4.98 Å². The van der Waals surface area contributed by atoms with E-state index in [0.29, 0.717) is 11.7 Å². The molecule has 0 saturated heterocycles. The third kappa shape index (κ3) is 2.89. The van der Waals surface area contributed by atoms with Crippen LogP contribution in [-0.4, -0.2) is 10.1 Å². The fourth-order valence-corrected chi connectivity index (χ4v) is 2.15. The van der Waals surface area contributed by atoms with Gasteiger partial charge >= 0.3 is 0 Å². The molecule has 1 N–H and O–H groups in total. The van der Waals surface area contributed by atoms with Gasteiger partial charge in [0.15, 0.2) is 5.82 Å². The van der Waals surface area contributed by atoms with Crippen LogP contribution < -0.4 is 5.32 Å². The van der Waals surface area contributed by atoms with E-state index in [4.69, 9.17) is 16.1 Å². The summed E-state index contributed by atoms with van der Waals surface area (Å²) in [4.78, 5) is 4.21. The van der Waals surface area contributed by atoms with Crippen LogP contribution in [0.2, 0.25) is 5.02 Å². The summed E-state index contributed by atoms with van der Waals surface area (Å²) in [5.41, 5.74) is 1.06. The average molecular weight is 266 g/mol. The number of hydrogen-bond acceptors (Lipinski definition) is 4. The molecular formula is C13H16ClN3O. The van der Waals surface area contributed by atoms with E-state index in [1.807, 2.05) is 31.2 Å². The predicted molar refractivity (Wildman–Crippen MR) is 70.5 cm³/mol. The number of aryl methyl sites for hydroxylation is 1. The van der Waals surface area contributed by atoms with Gasteiger partial charge in [-0.25, -0.2) is 0 Å². The van der Waals surface area contributed by atoms with Gasteiger partial charge in [0.05, 0.1) is 6.04 Å². The van der Waals surface area contributed by atoms with Crippen LogP contribution in [0.3, 0.4) is 0 Å². The molecule has 5 heteroatoms. The largest absolute Gasteiger partial charge is 0.338 e. The summed E-state index contributed by atoms with van der Waals surface area (Å²) in [7, 11) is 0. The molecule has 0 radical (unpaired) electrons. The number of benzene rings is 1. The van der Waals surface area contributed by atoms with Gasteiger partial charge in [0.2, 0.25) is 5.89 Å². The van der Waals surface area contributed by atoms with Crippen LogP contribution in [0.25, 0.3) is 0 Å². The van der Waals surface area contributed by atoms with Crippen molar-refractivity contribution in [3.05, 3.63) is 46.6 Å². The Bertz CT molecular complexity index is 526. The van der Waals surface area contributed by atoms with E-state index in [-0.39, 0.29) is 12.1 Å². The number of hydrogen-bond donors (Lipinski definition) is 1. The molecule has 2 rings (SSSR count). The van der Waals surface area contributed by atoms with Gasteiger partial charge < -0.3 is 4.52 Å². The van der Waals surface area contributed by atoms with Crippen LogP contribution in [0.5, 0.6) is 0 Å². The zero-order chi connectivity index (χ0) is 13.1. The topological polar surface area (TPSA) is 51.0 Å².